The monoisotopic (exact) mass is 526 g/mol. The van der Waals surface area contributed by atoms with Gasteiger partial charge in [0.15, 0.2) is 0 Å². The molecule has 1 atom stereocenters. The molecule has 0 aliphatic heterocycles. The van der Waals surface area contributed by atoms with E-state index in [0.29, 0.717) is 45.1 Å². The van der Waals surface area contributed by atoms with Gasteiger partial charge in [-0.2, -0.15) is 10.4 Å². The molecule has 0 fully saturated rings. The predicted molar refractivity (Wildman–Crippen MR) is 140 cm³/mol. The van der Waals surface area contributed by atoms with Gasteiger partial charge in [0, 0.05) is 6.20 Å². The van der Waals surface area contributed by atoms with Crippen LogP contribution in [0.1, 0.15) is 29.8 Å². The number of aromatic nitrogens is 5. The quantitative estimate of drug-likeness (QED) is 0.273. The van der Waals surface area contributed by atoms with E-state index in [1.165, 1.54) is 32.5 Å². The first-order valence-electron chi connectivity index (χ1n) is 11.9. The van der Waals surface area contributed by atoms with E-state index in [9.17, 15) is 14.3 Å². The summed E-state index contributed by atoms with van der Waals surface area (Å²) >= 11 is 0. The molecule has 5 aromatic rings. The van der Waals surface area contributed by atoms with E-state index >= 15 is 0 Å². The average molecular weight is 527 g/mol. The van der Waals surface area contributed by atoms with Crippen molar-refractivity contribution in [3.05, 3.63) is 78.6 Å². The minimum atomic E-state index is -1.67. The molecule has 0 saturated heterocycles. The summed E-state index contributed by atoms with van der Waals surface area (Å²) in [6.07, 6.45) is 5.79. The maximum absolute atomic E-state index is 14.3. The smallest absolute Gasteiger partial charge is 0.255 e. The van der Waals surface area contributed by atoms with Crippen LogP contribution in [0.25, 0.3) is 28.2 Å². The van der Waals surface area contributed by atoms with E-state index < -0.39 is 17.7 Å². The highest BCUT2D eigenvalue weighted by Crippen LogP contribution is 2.28. The summed E-state index contributed by atoms with van der Waals surface area (Å²) in [6.45, 7) is 2.28. The zero-order valence-corrected chi connectivity index (χ0v) is 21.0. The number of carbonyl (C=O) groups is 1. The number of aliphatic hydroxyl groups is 1. The SMILES string of the molecule is CC(C)(O)C(F)CNC(=O)c1cnc(-c2ccc3cc(C#N)cnn23)cc1Nc1ccc(-c2cnoc2)nc1. The van der Waals surface area contributed by atoms with Gasteiger partial charge in [0.05, 0.1) is 81.4 Å². The van der Waals surface area contributed by atoms with E-state index in [1.807, 2.05) is 12.1 Å². The summed E-state index contributed by atoms with van der Waals surface area (Å²) in [5, 5.41) is 32.8. The lowest BCUT2D eigenvalue weighted by Gasteiger charge is -2.22. The largest absolute Gasteiger partial charge is 0.387 e. The van der Waals surface area contributed by atoms with E-state index in [0.717, 1.165) is 0 Å². The summed E-state index contributed by atoms with van der Waals surface area (Å²) in [5.74, 6) is -0.575. The third-order valence-corrected chi connectivity index (χ3v) is 6.02. The lowest BCUT2D eigenvalue weighted by atomic mass is 10.0. The van der Waals surface area contributed by atoms with Gasteiger partial charge in [-0.15, -0.1) is 0 Å². The number of fused-ring (bicyclic) bond motifs is 1. The van der Waals surface area contributed by atoms with Crippen molar-refractivity contribution < 1.29 is 18.8 Å². The van der Waals surface area contributed by atoms with Gasteiger partial charge in [0.2, 0.25) is 0 Å². The molecule has 11 nitrogen and oxygen atoms in total. The Bertz CT molecular complexity index is 1670. The second-order valence-corrected chi connectivity index (χ2v) is 9.33. The Labute approximate surface area is 221 Å². The average Bonchev–Trinajstić information content (AvgIpc) is 3.61. The number of alkyl halides is 1. The maximum atomic E-state index is 14.3. The van der Waals surface area contributed by atoms with Gasteiger partial charge >= 0.3 is 0 Å². The number of amides is 1. The first-order chi connectivity index (χ1) is 18.7. The van der Waals surface area contributed by atoms with Gasteiger partial charge in [0.25, 0.3) is 5.91 Å². The van der Waals surface area contributed by atoms with Gasteiger partial charge in [-0.05, 0) is 50.2 Å². The fourth-order valence-corrected chi connectivity index (χ4v) is 3.79. The molecule has 0 aliphatic rings. The van der Waals surface area contributed by atoms with Crippen LogP contribution < -0.4 is 10.6 Å². The number of hydrogen-bond donors (Lipinski definition) is 3. The zero-order chi connectivity index (χ0) is 27.6. The van der Waals surface area contributed by atoms with Crippen molar-refractivity contribution in [1.82, 2.24) is 30.1 Å². The number of anilines is 2. The molecule has 5 rings (SSSR count). The Hall–Kier alpha value is -5.15. The van der Waals surface area contributed by atoms with Crippen LogP contribution in [-0.2, 0) is 0 Å². The summed E-state index contributed by atoms with van der Waals surface area (Å²) in [5.41, 5.74) is 3.15. The Kier molecular flexibility index (Phi) is 6.74. The molecular weight excluding hydrogens is 503 g/mol. The standard InChI is InChI=1S/C27H23FN8O3/c1-27(2,38)25(28)14-32-26(37)20-13-31-23(24-6-4-19-7-16(9-29)10-33-36(19)24)8-22(20)35-18-3-5-21(30-12-18)17-11-34-39-15-17/h3-8,10-13,15,25,38H,14H2,1-2H3,(H,31,35)(H,32,37). The lowest BCUT2D eigenvalue weighted by Crippen LogP contribution is -2.42. The van der Waals surface area contributed by atoms with E-state index in [2.05, 4.69) is 36.9 Å². The minimum absolute atomic E-state index is 0.158. The van der Waals surface area contributed by atoms with Crippen molar-refractivity contribution in [3.8, 4) is 28.7 Å². The van der Waals surface area contributed by atoms with Gasteiger partial charge in [0.1, 0.15) is 18.5 Å². The summed E-state index contributed by atoms with van der Waals surface area (Å²) in [7, 11) is 0. The Balaban J connectivity index is 1.49. The zero-order valence-electron chi connectivity index (χ0n) is 21.0. The molecule has 39 heavy (non-hydrogen) atoms. The van der Waals surface area contributed by atoms with Crippen LogP contribution in [0, 0.1) is 11.3 Å². The van der Waals surface area contributed by atoms with Gasteiger partial charge in [-0.1, -0.05) is 5.16 Å². The second kappa shape index (κ2) is 10.3. The fraction of sp³-hybridized carbons (Fsp3) is 0.185. The van der Waals surface area contributed by atoms with Gasteiger partial charge in [-0.25, -0.2) is 8.91 Å². The number of hydrogen-bond acceptors (Lipinski definition) is 9. The van der Waals surface area contributed by atoms with Crippen molar-refractivity contribution in [1.29, 1.82) is 5.26 Å². The molecule has 1 unspecified atom stereocenters. The third kappa shape index (κ3) is 5.43. The number of nitrogens with zero attached hydrogens (tertiary/aromatic N) is 6. The highest BCUT2D eigenvalue weighted by Gasteiger charge is 2.27. The van der Waals surface area contributed by atoms with Crippen LogP contribution in [0.2, 0.25) is 0 Å². The third-order valence-electron chi connectivity index (χ3n) is 6.02. The molecule has 0 radical (unpaired) electrons. The molecule has 12 heteroatoms. The number of carbonyl (C=O) groups excluding carboxylic acids is 1. The van der Waals surface area contributed by atoms with E-state index in [4.69, 9.17) is 9.78 Å². The van der Waals surface area contributed by atoms with Crippen LogP contribution >= 0.6 is 0 Å². The molecule has 0 bridgehead atoms. The van der Waals surface area contributed by atoms with Crippen LogP contribution in [0.15, 0.2) is 72.0 Å². The van der Waals surface area contributed by atoms with Crippen molar-refractivity contribution in [3.63, 3.8) is 0 Å². The molecule has 3 N–H and O–H groups in total. The van der Waals surface area contributed by atoms with Crippen molar-refractivity contribution in [2.24, 2.45) is 0 Å². The molecule has 0 aliphatic carbocycles. The lowest BCUT2D eigenvalue weighted by molar-refractivity contribution is -0.00177. The minimum Gasteiger partial charge on any atom is -0.387 e. The fourth-order valence-electron chi connectivity index (χ4n) is 3.79. The molecule has 0 spiro atoms. The topological polar surface area (TPSA) is 154 Å². The molecule has 0 aromatic carbocycles. The maximum Gasteiger partial charge on any atom is 0.255 e. The van der Waals surface area contributed by atoms with E-state index in [1.54, 1.807) is 41.2 Å². The van der Waals surface area contributed by atoms with Crippen LogP contribution in [0.3, 0.4) is 0 Å². The predicted octanol–water partition coefficient (Wildman–Crippen LogP) is 3.90. The number of pyridine rings is 2. The van der Waals surface area contributed by atoms with Crippen molar-refractivity contribution >= 4 is 22.8 Å². The number of halogens is 1. The number of nitriles is 1. The normalized spacial score (nSPS) is 12.2. The van der Waals surface area contributed by atoms with E-state index in [-0.39, 0.29) is 12.1 Å². The number of rotatable bonds is 8. The summed E-state index contributed by atoms with van der Waals surface area (Å²) in [6, 6.07) is 12.6. The molecule has 5 heterocycles. The first kappa shape index (κ1) is 25.5. The molecule has 196 valence electrons. The Morgan fingerprint density at radius 1 is 1.15 bits per heavy atom. The van der Waals surface area contributed by atoms with Crippen molar-refractivity contribution in [2.75, 3.05) is 11.9 Å². The Morgan fingerprint density at radius 2 is 1.97 bits per heavy atom. The number of nitrogens with one attached hydrogen (secondary N) is 2. The van der Waals surface area contributed by atoms with Crippen LogP contribution in [0.5, 0.6) is 0 Å². The molecule has 5 aromatic heterocycles. The summed E-state index contributed by atoms with van der Waals surface area (Å²) < 4.78 is 20.8. The molecular formula is C27H23FN8O3. The highest BCUT2D eigenvalue weighted by atomic mass is 19.1. The van der Waals surface area contributed by atoms with Gasteiger partial charge < -0.3 is 20.3 Å². The Morgan fingerprint density at radius 3 is 2.67 bits per heavy atom. The highest BCUT2D eigenvalue weighted by molar-refractivity contribution is 6.00. The summed E-state index contributed by atoms with van der Waals surface area (Å²) in [4.78, 5) is 21.9. The first-order valence-corrected chi connectivity index (χ1v) is 11.9. The molecule has 1 amide bonds. The van der Waals surface area contributed by atoms with Crippen molar-refractivity contribution in [2.45, 2.75) is 25.6 Å². The van der Waals surface area contributed by atoms with Crippen LogP contribution in [0.4, 0.5) is 15.8 Å². The second-order valence-electron chi connectivity index (χ2n) is 9.33. The van der Waals surface area contributed by atoms with Gasteiger partial charge in [-0.3, -0.25) is 14.8 Å². The van der Waals surface area contributed by atoms with Crippen LogP contribution in [-0.4, -0.2) is 54.1 Å². The molecule has 0 saturated carbocycles.